The number of hydrogen-bond donors (Lipinski definition) is 1. The molecule has 0 spiro atoms. The smallest absolute Gasteiger partial charge is 0.259 e. The molecular formula is C24H25N5O. The molecule has 0 aliphatic carbocycles. The molecule has 0 unspecified atom stereocenters. The summed E-state index contributed by atoms with van der Waals surface area (Å²) in [6, 6.07) is 20.0. The molecule has 6 nitrogen and oxygen atoms in total. The van der Waals surface area contributed by atoms with E-state index in [0.29, 0.717) is 17.8 Å². The summed E-state index contributed by atoms with van der Waals surface area (Å²) in [5.74, 6) is -0.169. The summed E-state index contributed by atoms with van der Waals surface area (Å²) in [5.41, 5.74) is 6.66. The van der Waals surface area contributed by atoms with Crippen LogP contribution < -0.4 is 5.32 Å². The summed E-state index contributed by atoms with van der Waals surface area (Å²) >= 11 is 0. The Morgan fingerprint density at radius 1 is 0.833 bits per heavy atom. The van der Waals surface area contributed by atoms with Crippen molar-refractivity contribution in [3.63, 3.8) is 0 Å². The van der Waals surface area contributed by atoms with E-state index in [1.54, 1.807) is 0 Å². The Kier molecular flexibility index (Phi) is 5.23. The van der Waals surface area contributed by atoms with Crippen LogP contribution in [-0.2, 0) is 6.54 Å². The van der Waals surface area contributed by atoms with Gasteiger partial charge >= 0.3 is 0 Å². The third-order valence-corrected chi connectivity index (χ3v) is 5.31. The van der Waals surface area contributed by atoms with Crippen LogP contribution in [0.3, 0.4) is 0 Å². The molecule has 0 aliphatic heterocycles. The van der Waals surface area contributed by atoms with E-state index < -0.39 is 0 Å². The number of nitrogens with zero attached hydrogens (tertiary/aromatic N) is 4. The van der Waals surface area contributed by atoms with Crippen LogP contribution in [0.1, 0.15) is 38.7 Å². The van der Waals surface area contributed by atoms with Crippen molar-refractivity contribution in [1.82, 2.24) is 19.6 Å². The normalized spacial score (nSPS) is 10.9. The third kappa shape index (κ3) is 3.64. The second-order valence-corrected chi connectivity index (χ2v) is 7.44. The van der Waals surface area contributed by atoms with Crippen LogP contribution in [0.4, 0.5) is 5.69 Å². The van der Waals surface area contributed by atoms with E-state index >= 15 is 0 Å². The average Bonchev–Trinajstić information content (AvgIpc) is 3.19. The van der Waals surface area contributed by atoms with Crippen LogP contribution in [0.25, 0.3) is 5.69 Å². The number of rotatable bonds is 5. The molecule has 6 heteroatoms. The highest BCUT2D eigenvalue weighted by Crippen LogP contribution is 2.24. The van der Waals surface area contributed by atoms with Crippen LogP contribution in [0, 0.1) is 27.7 Å². The third-order valence-electron chi connectivity index (χ3n) is 5.31. The van der Waals surface area contributed by atoms with Gasteiger partial charge in [0.05, 0.1) is 46.3 Å². The van der Waals surface area contributed by atoms with Crippen molar-refractivity contribution in [2.24, 2.45) is 0 Å². The fourth-order valence-electron chi connectivity index (χ4n) is 3.76. The first-order valence-corrected chi connectivity index (χ1v) is 9.96. The van der Waals surface area contributed by atoms with Crippen molar-refractivity contribution in [2.75, 3.05) is 5.32 Å². The monoisotopic (exact) mass is 399 g/mol. The van der Waals surface area contributed by atoms with E-state index in [9.17, 15) is 4.79 Å². The zero-order chi connectivity index (χ0) is 21.3. The fourth-order valence-corrected chi connectivity index (χ4v) is 3.76. The molecule has 2 aromatic heterocycles. The van der Waals surface area contributed by atoms with Crippen molar-refractivity contribution in [1.29, 1.82) is 0 Å². The summed E-state index contributed by atoms with van der Waals surface area (Å²) in [5, 5.41) is 12.3. The number of benzene rings is 2. The topological polar surface area (TPSA) is 64.7 Å². The van der Waals surface area contributed by atoms with Gasteiger partial charge in [-0.1, -0.05) is 48.5 Å². The second kappa shape index (κ2) is 7.99. The molecular weight excluding hydrogens is 374 g/mol. The molecule has 4 rings (SSSR count). The molecule has 2 heterocycles. The molecule has 1 amide bonds. The van der Waals surface area contributed by atoms with Crippen molar-refractivity contribution in [3.8, 4) is 5.69 Å². The summed E-state index contributed by atoms with van der Waals surface area (Å²) in [6.45, 7) is 8.33. The lowest BCUT2D eigenvalue weighted by Crippen LogP contribution is -2.15. The Labute approximate surface area is 176 Å². The summed E-state index contributed by atoms with van der Waals surface area (Å²) in [7, 11) is 0. The highest BCUT2D eigenvalue weighted by molar-refractivity contribution is 6.06. The van der Waals surface area contributed by atoms with Gasteiger partial charge in [0.15, 0.2) is 0 Å². The van der Waals surface area contributed by atoms with Crippen LogP contribution >= 0.6 is 0 Å². The Bertz CT molecular complexity index is 1190. The zero-order valence-electron chi connectivity index (χ0n) is 17.7. The maximum absolute atomic E-state index is 13.2. The number of carbonyl (C=O) groups excluding carboxylic acids is 1. The lowest BCUT2D eigenvalue weighted by atomic mass is 10.1. The number of anilines is 1. The Balaban J connectivity index is 1.61. The van der Waals surface area contributed by atoms with Gasteiger partial charge in [-0.2, -0.15) is 10.2 Å². The summed E-state index contributed by atoms with van der Waals surface area (Å²) in [4.78, 5) is 13.2. The molecule has 0 atom stereocenters. The predicted molar refractivity (Wildman–Crippen MR) is 118 cm³/mol. The molecule has 0 saturated carbocycles. The van der Waals surface area contributed by atoms with E-state index in [1.165, 1.54) is 0 Å². The van der Waals surface area contributed by atoms with Crippen LogP contribution in [0.5, 0.6) is 0 Å². The summed E-state index contributed by atoms with van der Waals surface area (Å²) < 4.78 is 3.73. The molecule has 2 aromatic carbocycles. The fraction of sp³-hybridized carbons (Fsp3) is 0.208. The molecule has 0 radical (unpaired) electrons. The van der Waals surface area contributed by atoms with Crippen molar-refractivity contribution in [3.05, 3.63) is 94.6 Å². The van der Waals surface area contributed by atoms with Gasteiger partial charge in [0.1, 0.15) is 0 Å². The average molecular weight is 399 g/mol. The van der Waals surface area contributed by atoms with E-state index in [0.717, 1.165) is 34.0 Å². The minimum atomic E-state index is -0.169. The molecule has 152 valence electrons. The van der Waals surface area contributed by atoms with Gasteiger partial charge in [0, 0.05) is 0 Å². The van der Waals surface area contributed by atoms with E-state index in [4.69, 9.17) is 0 Å². The van der Waals surface area contributed by atoms with E-state index in [2.05, 4.69) is 27.6 Å². The molecule has 30 heavy (non-hydrogen) atoms. The van der Waals surface area contributed by atoms with Gasteiger partial charge in [-0.25, -0.2) is 4.68 Å². The largest absolute Gasteiger partial charge is 0.319 e. The first-order chi connectivity index (χ1) is 14.5. The second-order valence-electron chi connectivity index (χ2n) is 7.44. The first kappa shape index (κ1) is 19.6. The highest BCUT2D eigenvalue weighted by Gasteiger charge is 2.22. The number of nitrogens with one attached hydrogen (secondary N) is 1. The number of aryl methyl sites for hydroxylation is 2. The van der Waals surface area contributed by atoms with Gasteiger partial charge in [0.25, 0.3) is 5.91 Å². The number of amides is 1. The van der Waals surface area contributed by atoms with Gasteiger partial charge in [-0.15, -0.1) is 0 Å². The maximum atomic E-state index is 13.2. The minimum Gasteiger partial charge on any atom is -0.319 e. The molecule has 4 aromatic rings. The molecule has 0 saturated heterocycles. The molecule has 0 aliphatic rings. The minimum absolute atomic E-state index is 0.169. The quantitative estimate of drug-likeness (QED) is 0.533. The zero-order valence-corrected chi connectivity index (χ0v) is 17.7. The Morgan fingerprint density at radius 2 is 1.47 bits per heavy atom. The lowest BCUT2D eigenvalue weighted by molar-refractivity contribution is 0.102. The first-order valence-electron chi connectivity index (χ1n) is 9.96. The van der Waals surface area contributed by atoms with Crippen LogP contribution in [0.15, 0.2) is 60.7 Å². The number of carbonyl (C=O) groups is 1. The molecule has 1 N–H and O–H groups in total. The van der Waals surface area contributed by atoms with Crippen molar-refractivity contribution in [2.45, 2.75) is 34.2 Å². The predicted octanol–water partition coefficient (Wildman–Crippen LogP) is 4.60. The Morgan fingerprint density at radius 3 is 2.13 bits per heavy atom. The SMILES string of the molecule is Cc1nn(Cc2ccccc2)c(C)c1NC(=O)c1c(C)nn(-c2ccccc2)c1C. The van der Waals surface area contributed by atoms with Gasteiger partial charge in [0.2, 0.25) is 0 Å². The van der Waals surface area contributed by atoms with Crippen LogP contribution in [-0.4, -0.2) is 25.5 Å². The lowest BCUT2D eigenvalue weighted by Gasteiger charge is -2.08. The standard InChI is InChI=1S/C24H25N5O/c1-16-22(18(3)29(27-16)21-13-9-6-10-14-21)24(30)25-23-17(2)26-28(19(23)4)15-20-11-7-5-8-12-20/h5-14H,15H2,1-4H3,(H,25,30). The van der Waals surface area contributed by atoms with E-state index in [1.807, 2.05) is 85.6 Å². The number of para-hydroxylation sites is 1. The number of aromatic nitrogens is 4. The van der Waals surface area contributed by atoms with Crippen molar-refractivity contribution >= 4 is 11.6 Å². The highest BCUT2D eigenvalue weighted by atomic mass is 16.1. The van der Waals surface area contributed by atoms with Gasteiger partial charge in [-0.3, -0.25) is 9.48 Å². The van der Waals surface area contributed by atoms with Crippen LogP contribution in [0.2, 0.25) is 0 Å². The maximum Gasteiger partial charge on any atom is 0.259 e. The molecule has 0 bridgehead atoms. The van der Waals surface area contributed by atoms with Crippen molar-refractivity contribution < 1.29 is 4.79 Å². The summed E-state index contributed by atoms with van der Waals surface area (Å²) in [6.07, 6.45) is 0. The van der Waals surface area contributed by atoms with Gasteiger partial charge in [-0.05, 0) is 45.4 Å². The number of hydrogen-bond acceptors (Lipinski definition) is 3. The Hall–Kier alpha value is -3.67. The van der Waals surface area contributed by atoms with E-state index in [-0.39, 0.29) is 5.91 Å². The van der Waals surface area contributed by atoms with Gasteiger partial charge < -0.3 is 5.32 Å². The molecule has 0 fully saturated rings.